The first-order chi connectivity index (χ1) is 13.6. The molecule has 0 heterocycles. The summed E-state index contributed by atoms with van der Waals surface area (Å²) >= 11 is 0. The molecule has 0 saturated heterocycles. The van der Waals surface area contributed by atoms with Gasteiger partial charge in [0.25, 0.3) is 0 Å². The third-order valence-corrected chi connectivity index (χ3v) is 4.90. The van der Waals surface area contributed by atoms with Gasteiger partial charge in [-0.15, -0.1) is 0 Å². The van der Waals surface area contributed by atoms with E-state index in [1.54, 1.807) is 0 Å². The average molecular weight is 426 g/mol. The lowest BCUT2D eigenvalue weighted by Crippen LogP contribution is -2.41. The molecule has 0 radical (unpaired) electrons. The molecule has 0 atom stereocenters. The van der Waals surface area contributed by atoms with Gasteiger partial charge in [0, 0.05) is 0 Å². The molecule has 1 aromatic rings. The molecule has 1 aromatic carbocycles. The van der Waals surface area contributed by atoms with Gasteiger partial charge in [0.2, 0.25) is 0 Å². The van der Waals surface area contributed by atoms with Crippen molar-refractivity contribution in [2.24, 2.45) is 0 Å². The number of benzene rings is 1. The summed E-state index contributed by atoms with van der Waals surface area (Å²) in [6.45, 7) is 7.32. The molecule has 0 saturated carbocycles. The summed E-state index contributed by atoms with van der Waals surface area (Å²) in [6, 6.07) is 0. The van der Waals surface area contributed by atoms with Gasteiger partial charge in [-0.3, -0.25) is 0 Å². The third-order valence-electron chi connectivity index (χ3n) is 4.90. The number of rotatable bonds is 12. The van der Waals surface area contributed by atoms with Crippen LogP contribution in [-0.2, 0) is 0 Å². The number of hydrogen-bond acceptors (Lipinski definition) is 1. The van der Waals surface area contributed by atoms with Gasteiger partial charge in [0.15, 0.2) is 29.1 Å². The lowest BCUT2D eigenvalue weighted by molar-refractivity contribution is -0.890. The normalized spacial score (nSPS) is 11.3. The largest absolute Gasteiger partial charge is 0.868 e. The second-order valence-electron chi connectivity index (χ2n) is 8.11. The first-order valence-corrected chi connectivity index (χ1v) is 10.6. The number of quaternary nitrogens is 1. The minimum Gasteiger partial charge on any atom is -0.868 e. The zero-order valence-electron chi connectivity index (χ0n) is 18.2. The molecule has 29 heavy (non-hydrogen) atoms. The SMILES string of the molecule is CCCCCCCC[N+](C)(C)CCCCCC.[O-]c1c(F)c(F)c(F)c(F)c1F. The Labute approximate surface area is 172 Å². The summed E-state index contributed by atoms with van der Waals surface area (Å²) in [5.41, 5.74) is 0. The second kappa shape index (κ2) is 14.6. The highest BCUT2D eigenvalue weighted by Crippen LogP contribution is 2.25. The molecule has 0 aromatic heterocycles. The maximum absolute atomic E-state index is 12.1. The van der Waals surface area contributed by atoms with Crippen molar-refractivity contribution in [2.45, 2.75) is 78.1 Å². The predicted molar refractivity (Wildman–Crippen MR) is 105 cm³/mol. The summed E-state index contributed by atoms with van der Waals surface area (Å²) in [6.07, 6.45) is 14.1. The van der Waals surface area contributed by atoms with Crippen LogP contribution in [0.15, 0.2) is 0 Å². The lowest BCUT2D eigenvalue weighted by Gasteiger charge is -2.30. The molecule has 0 fully saturated rings. The topological polar surface area (TPSA) is 23.1 Å². The van der Waals surface area contributed by atoms with Crippen molar-refractivity contribution in [1.82, 2.24) is 0 Å². The molecule has 0 amide bonds. The molecule has 2 nitrogen and oxygen atoms in total. The minimum absolute atomic E-state index is 1.23. The van der Waals surface area contributed by atoms with Crippen LogP contribution in [0.3, 0.4) is 0 Å². The summed E-state index contributed by atoms with van der Waals surface area (Å²) in [5, 5.41) is 10.2. The second-order valence-corrected chi connectivity index (χ2v) is 8.11. The Kier molecular flexibility index (Phi) is 13.9. The van der Waals surface area contributed by atoms with Crippen LogP contribution in [0.1, 0.15) is 78.1 Å². The number of unbranched alkanes of at least 4 members (excludes halogenated alkanes) is 8. The van der Waals surface area contributed by atoms with Gasteiger partial charge in [0.1, 0.15) is 0 Å². The molecule has 0 aliphatic carbocycles. The lowest BCUT2D eigenvalue weighted by atomic mass is 10.1. The minimum atomic E-state index is -2.33. The van der Waals surface area contributed by atoms with Crippen molar-refractivity contribution < 1.29 is 31.5 Å². The van der Waals surface area contributed by atoms with Crippen molar-refractivity contribution in [3.63, 3.8) is 0 Å². The molecule has 0 spiro atoms. The number of halogens is 5. The first-order valence-electron chi connectivity index (χ1n) is 10.6. The van der Waals surface area contributed by atoms with Crippen molar-refractivity contribution in [3.8, 4) is 5.75 Å². The zero-order valence-corrected chi connectivity index (χ0v) is 18.2. The van der Waals surface area contributed by atoms with E-state index in [1.807, 2.05) is 0 Å². The van der Waals surface area contributed by atoms with E-state index in [2.05, 4.69) is 27.9 Å². The Morgan fingerprint density at radius 1 is 0.552 bits per heavy atom. The maximum Gasteiger partial charge on any atom is 0.200 e. The van der Waals surface area contributed by atoms with E-state index in [-0.39, 0.29) is 0 Å². The molecule has 0 N–H and O–H groups in total. The van der Waals surface area contributed by atoms with Crippen LogP contribution in [0.5, 0.6) is 5.75 Å². The van der Waals surface area contributed by atoms with E-state index in [0.717, 1.165) is 0 Å². The summed E-state index contributed by atoms with van der Waals surface area (Å²) in [4.78, 5) is 0. The van der Waals surface area contributed by atoms with Crippen LogP contribution in [0.25, 0.3) is 0 Å². The van der Waals surface area contributed by atoms with Crippen LogP contribution < -0.4 is 5.11 Å². The van der Waals surface area contributed by atoms with Crippen LogP contribution >= 0.6 is 0 Å². The maximum atomic E-state index is 12.1. The van der Waals surface area contributed by atoms with Gasteiger partial charge in [-0.2, -0.15) is 0 Å². The van der Waals surface area contributed by atoms with Gasteiger partial charge >= 0.3 is 0 Å². The smallest absolute Gasteiger partial charge is 0.200 e. The Hall–Kier alpha value is -1.37. The van der Waals surface area contributed by atoms with Gasteiger partial charge in [-0.05, 0) is 31.4 Å². The molecule has 0 aliphatic rings. The monoisotopic (exact) mass is 425 g/mol. The molecule has 170 valence electrons. The van der Waals surface area contributed by atoms with Crippen LogP contribution in [0.4, 0.5) is 22.0 Å². The highest BCUT2D eigenvalue weighted by atomic mass is 19.2. The summed E-state index contributed by atoms with van der Waals surface area (Å²) in [7, 11) is 4.80. The Morgan fingerprint density at radius 3 is 1.28 bits per heavy atom. The van der Waals surface area contributed by atoms with Gasteiger partial charge in [0.05, 0.1) is 27.2 Å². The summed E-state index contributed by atoms with van der Waals surface area (Å²) in [5.74, 6) is -13.6. The molecule has 0 bridgehead atoms. The molecule has 0 aliphatic heterocycles. The number of hydrogen-bond donors (Lipinski definition) is 0. The van der Waals surface area contributed by atoms with Gasteiger partial charge in [-0.25, -0.2) is 22.0 Å². The van der Waals surface area contributed by atoms with Crippen molar-refractivity contribution in [1.29, 1.82) is 0 Å². The van der Waals surface area contributed by atoms with E-state index < -0.39 is 34.8 Å². The van der Waals surface area contributed by atoms with Crippen LogP contribution in [-0.4, -0.2) is 31.7 Å². The Balaban J connectivity index is 0.000000571. The molecular weight excluding hydrogens is 389 g/mol. The Bertz CT molecular complexity index is 488. The molecule has 7 heteroatoms. The van der Waals surface area contributed by atoms with E-state index in [0.29, 0.717) is 0 Å². The van der Waals surface area contributed by atoms with E-state index >= 15 is 0 Å². The number of nitrogens with zero attached hydrogens (tertiary/aromatic N) is 1. The van der Waals surface area contributed by atoms with Crippen molar-refractivity contribution in [3.05, 3.63) is 29.1 Å². The quantitative estimate of drug-likeness (QED) is 0.124. The van der Waals surface area contributed by atoms with Gasteiger partial charge < -0.3 is 9.59 Å². The average Bonchev–Trinajstić information content (AvgIpc) is 2.70. The fraction of sp³-hybridized carbons (Fsp3) is 0.727. The predicted octanol–water partition coefficient (Wildman–Crippen LogP) is 6.46. The first kappa shape index (κ1) is 27.6. The van der Waals surface area contributed by atoms with E-state index in [4.69, 9.17) is 0 Å². The van der Waals surface area contributed by atoms with Crippen LogP contribution in [0, 0.1) is 29.1 Å². The fourth-order valence-electron chi connectivity index (χ4n) is 2.98. The Morgan fingerprint density at radius 2 is 0.862 bits per heavy atom. The highest BCUT2D eigenvalue weighted by molar-refractivity contribution is 5.26. The molecule has 0 unspecified atom stereocenters. The highest BCUT2D eigenvalue weighted by Gasteiger charge is 2.20. The summed E-state index contributed by atoms with van der Waals surface area (Å²) < 4.78 is 61.6. The van der Waals surface area contributed by atoms with Gasteiger partial charge in [-0.1, -0.05) is 52.4 Å². The zero-order chi connectivity index (χ0) is 22.4. The van der Waals surface area contributed by atoms with Crippen LogP contribution in [0.2, 0.25) is 0 Å². The molecule has 1 rings (SSSR count). The van der Waals surface area contributed by atoms with Crippen molar-refractivity contribution >= 4 is 0 Å². The standard InChI is InChI=1S/C16H36N.C6HF5O/c1-5-7-9-11-12-14-16-17(3,4)15-13-10-8-6-2;7-1-2(8)4(10)6(12)5(11)3(1)9/h5-16H2,1-4H3;12H/q+1;/p-1. The van der Waals surface area contributed by atoms with E-state index in [9.17, 15) is 27.1 Å². The fourth-order valence-corrected chi connectivity index (χ4v) is 2.98. The molecular formula is C22H36F5NO. The third kappa shape index (κ3) is 10.8. The van der Waals surface area contributed by atoms with Crippen molar-refractivity contribution in [2.75, 3.05) is 27.2 Å². The van der Waals surface area contributed by atoms with E-state index in [1.165, 1.54) is 81.8 Å².